The molecule has 0 aromatic heterocycles. The maximum absolute atomic E-state index is 14.0. The second kappa shape index (κ2) is 9.03. The lowest BCUT2D eigenvalue weighted by Gasteiger charge is -2.33. The Morgan fingerprint density at radius 3 is 2.79 bits per heavy atom. The molecule has 1 fully saturated rings. The van der Waals surface area contributed by atoms with Crippen LogP contribution < -0.4 is 19.7 Å². The quantitative estimate of drug-likeness (QED) is 0.790. The maximum atomic E-state index is 14.0. The van der Waals surface area contributed by atoms with Crippen molar-refractivity contribution in [1.82, 2.24) is 5.32 Å². The minimum Gasteiger partial charge on any atom is -0.497 e. The molecule has 2 unspecified atom stereocenters. The van der Waals surface area contributed by atoms with Gasteiger partial charge in [0, 0.05) is 24.3 Å². The fraction of sp³-hybridized carbons (Fsp3) is 0.381. The molecule has 1 N–H and O–H groups in total. The minimum atomic E-state index is -0.499. The highest BCUT2D eigenvalue weighted by Crippen LogP contribution is 2.25. The van der Waals surface area contributed by atoms with Gasteiger partial charge in [-0.25, -0.2) is 4.39 Å². The Hall–Kier alpha value is -2.64. The summed E-state index contributed by atoms with van der Waals surface area (Å²) in [5.41, 5.74) is 1.60. The van der Waals surface area contributed by atoms with Gasteiger partial charge in [-0.15, -0.1) is 0 Å². The van der Waals surface area contributed by atoms with Gasteiger partial charge in [-0.05, 0) is 36.8 Å². The van der Waals surface area contributed by atoms with E-state index in [1.165, 1.54) is 19.2 Å². The Balaban J connectivity index is 1.62. The van der Waals surface area contributed by atoms with Crippen molar-refractivity contribution in [1.29, 1.82) is 0 Å². The van der Waals surface area contributed by atoms with Gasteiger partial charge in [-0.2, -0.15) is 0 Å². The molecular weight excluding hydrogens is 363 g/mol. The van der Waals surface area contributed by atoms with E-state index in [4.69, 9.17) is 14.2 Å². The van der Waals surface area contributed by atoms with Gasteiger partial charge in [0.05, 0.1) is 26.9 Å². The molecule has 6 nitrogen and oxygen atoms in total. The predicted molar refractivity (Wildman–Crippen MR) is 104 cm³/mol. The van der Waals surface area contributed by atoms with Crippen molar-refractivity contribution in [2.75, 3.05) is 38.8 Å². The molecule has 1 heterocycles. The lowest BCUT2D eigenvalue weighted by atomic mass is 10.1. The average Bonchev–Trinajstić information content (AvgIpc) is 2.72. The molecule has 1 saturated heterocycles. The maximum Gasteiger partial charge on any atom is 0.253 e. The molecule has 2 aromatic rings. The highest BCUT2D eigenvalue weighted by Gasteiger charge is 2.28. The molecule has 0 spiro atoms. The summed E-state index contributed by atoms with van der Waals surface area (Å²) in [5, 5.41) is 3.42. The molecule has 0 bridgehead atoms. The van der Waals surface area contributed by atoms with Crippen LogP contribution in [0.5, 0.6) is 11.5 Å². The number of nitrogens with zero attached hydrogens (tertiary/aromatic N) is 1. The van der Waals surface area contributed by atoms with Gasteiger partial charge in [0.25, 0.3) is 5.91 Å². The number of carbonyl (C=O) groups excluding carboxylic acids is 1. The highest BCUT2D eigenvalue weighted by molar-refractivity contribution is 5.95. The summed E-state index contributed by atoms with van der Waals surface area (Å²) in [6.07, 6.45) is -0.198. The third-order valence-electron chi connectivity index (χ3n) is 4.82. The second-order valence-electron chi connectivity index (χ2n) is 6.66. The van der Waals surface area contributed by atoms with E-state index < -0.39 is 5.82 Å². The number of halogens is 1. The molecule has 1 aliphatic rings. The van der Waals surface area contributed by atoms with Gasteiger partial charge < -0.3 is 24.4 Å². The summed E-state index contributed by atoms with van der Waals surface area (Å²) in [7, 11) is 3.05. The molecule has 2 atom stereocenters. The fourth-order valence-corrected chi connectivity index (χ4v) is 3.16. The van der Waals surface area contributed by atoms with E-state index >= 15 is 0 Å². The van der Waals surface area contributed by atoms with Crippen molar-refractivity contribution in [2.24, 2.45) is 0 Å². The van der Waals surface area contributed by atoms with Crippen LogP contribution in [0.3, 0.4) is 0 Å². The summed E-state index contributed by atoms with van der Waals surface area (Å²) < 4.78 is 29.9. The number of methoxy groups -OCH3 is 2. The van der Waals surface area contributed by atoms with Crippen molar-refractivity contribution in [2.45, 2.75) is 19.1 Å². The van der Waals surface area contributed by atoms with E-state index in [1.807, 2.05) is 24.3 Å². The number of hydrogen-bond acceptors (Lipinski definition) is 5. The molecular formula is C21H25FN2O4. The van der Waals surface area contributed by atoms with E-state index in [2.05, 4.69) is 12.2 Å². The lowest BCUT2D eigenvalue weighted by molar-refractivity contribution is -0.129. The Morgan fingerprint density at radius 2 is 2.07 bits per heavy atom. The fourth-order valence-electron chi connectivity index (χ4n) is 3.16. The van der Waals surface area contributed by atoms with Crippen LogP contribution in [0, 0.1) is 5.82 Å². The van der Waals surface area contributed by atoms with Crippen LogP contribution in [0.1, 0.15) is 18.5 Å². The Bertz CT molecular complexity index is 830. The Morgan fingerprint density at radius 1 is 1.25 bits per heavy atom. The smallest absolute Gasteiger partial charge is 0.253 e. The molecule has 2 aromatic carbocycles. The summed E-state index contributed by atoms with van der Waals surface area (Å²) in [6, 6.07) is 12.4. The van der Waals surface area contributed by atoms with E-state index in [9.17, 15) is 9.18 Å². The first-order valence-corrected chi connectivity index (χ1v) is 9.14. The molecule has 7 heteroatoms. The summed E-state index contributed by atoms with van der Waals surface area (Å²) >= 11 is 0. The molecule has 0 saturated carbocycles. The number of amides is 1. The summed E-state index contributed by atoms with van der Waals surface area (Å²) in [4.78, 5) is 13.8. The van der Waals surface area contributed by atoms with E-state index in [0.29, 0.717) is 18.8 Å². The Kier molecular flexibility index (Phi) is 6.49. The zero-order chi connectivity index (χ0) is 20.1. The SMILES string of the molecule is COc1cccc(C(C)NCC2CN(c3ccc(OC)c(F)c3)C(=O)CO2)c1. The van der Waals surface area contributed by atoms with E-state index in [1.54, 1.807) is 18.1 Å². The largest absolute Gasteiger partial charge is 0.497 e. The predicted octanol–water partition coefficient (Wildman–Crippen LogP) is 2.93. The third kappa shape index (κ3) is 4.61. The van der Waals surface area contributed by atoms with Crippen LogP contribution in [0.2, 0.25) is 0 Å². The van der Waals surface area contributed by atoms with Gasteiger partial charge in [0.1, 0.15) is 12.4 Å². The zero-order valence-corrected chi connectivity index (χ0v) is 16.3. The van der Waals surface area contributed by atoms with Gasteiger partial charge in [-0.1, -0.05) is 12.1 Å². The Labute approximate surface area is 164 Å². The molecule has 150 valence electrons. The monoisotopic (exact) mass is 388 g/mol. The number of anilines is 1. The van der Waals surface area contributed by atoms with Gasteiger partial charge in [0.15, 0.2) is 11.6 Å². The number of ether oxygens (including phenoxy) is 3. The first-order chi connectivity index (χ1) is 13.5. The van der Waals surface area contributed by atoms with Crippen LogP contribution in [0.15, 0.2) is 42.5 Å². The number of benzene rings is 2. The number of nitrogens with one attached hydrogen (secondary N) is 1. The summed E-state index contributed by atoms with van der Waals surface area (Å²) in [6.45, 7) is 2.93. The van der Waals surface area contributed by atoms with Crippen molar-refractivity contribution >= 4 is 11.6 Å². The second-order valence-corrected chi connectivity index (χ2v) is 6.66. The van der Waals surface area contributed by atoms with E-state index in [-0.39, 0.29) is 30.4 Å². The van der Waals surface area contributed by atoms with Crippen molar-refractivity contribution in [3.8, 4) is 11.5 Å². The third-order valence-corrected chi connectivity index (χ3v) is 4.82. The van der Waals surface area contributed by atoms with Crippen LogP contribution in [0.4, 0.5) is 10.1 Å². The van der Waals surface area contributed by atoms with E-state index in [0.717, 1.165) is 11.3 Å². The van der Waals surface area contributed by atoms with Crippen molar-refractivity contribution in [3.63, 3.8) is 0 Å². The van der Waals surface area contributed by atoms with Crippen molar-refractivity contribution < 1.29 is 23.4 Å². The van der Waals surface area contributed by atoms with Gasteiger partial charge in [0.2, 0.25) is 0 Å². The van der Waals surface area contributed by atoms with Crippen molar-refractivity contribution in [3.05, 3.63) is 53.8 Å². The number of rotatable bonds is 7. The van der Waals surface area contributed by atoms with Crippen LogP contribution >= 0.6 is 0 Å². The van der Waals surface area contributed by atoms with Crippen LogP contribution in [-0.2, 0) is 9.53 Å². The molecule has 0 radical (unpaired) electrons. The molecule has 0 aliphatic carbocycles. The normalized spacial score (nSPS) is 18.1. The lowest BCUT2D eigenvalue weighted by Crippen LogP contribution is -2.50. The molecule has 1 amide bonds. The molecule has 3 rings (SSSR count). The molecule has 28 heavy (non-hydrogen) atoms. The topological polar surface area (TPSA) is 60.0 Å². The average molecular weight is 388 g/mol. The standard InChI is InChI=1S/C21H25FN2O4/c1-14(15-5-4-6-17(9-15)26-2)23-11-18-12-24(21(25)13-28-18)16-7-8-20(27-3)19(22)10-16/h4-10,14,18,23H,11-13H2,1-3H3. The summed E-state index contributed by atoms with van der Waals surface area (Å²) in [5.74, 6) is 0.260. The van der Waals surface area contributed by atoms with Crippen LogP contribution in [-0.4, -0.2) is 45.9 Å². The van der Waals surface area contributed by atoms with Gasteiger partial charge in [-0.3, -0.25) is 4.79 Å². The highest BCUT2D eigenvalue weighted by atomic mass is 19.1. The first kappa shape index (κ1) is 20.1. The number of morpholine rings is 1. The number of hydrogen-bond donors (Lipinski definition) is 1. The van der Waals surface area contributed by atoms with Gasteiger partial charge >= 0.3 is 0 Å². The molecule has 1 aliphatic heterocycles. The number of carbonyl (C=O) groups is 1. The minimum absolute atomic E-state index is 0.0342. The first-order valence-electron chi connectivity index (χ1n) is 9.14. The zero-order valence-electron chi connectivity index (χ0n) is 16.3. The van der Waals surface area contributed by atoms with Crippen LogP contribution in [0.25, 0.3) is 0 Å².